The lowest BCUT2D eigenvalue weighted by molar-refractivity contribution is 0.303. The second-order valence-electron chi connectivity index (χ2n) is 2.97. The largest absolute Gasteiger partial charge is 0.395 e. The normalized spacial score (nSPS) is 9.33. The number of pyridine rings is 1. The number of aliphatic hydroxyl groups excluding tert-OH is 1. The second-order valence-corrected chi connectivity index (χ2v) is 2.97. The quantitative estimate of drug-likeness (QED) is 0.723. The highest BCUT2D eigenvalue weighted by Crippen LogP contribution is 2.12. The van der Waals surface area contributed by atoms with Crippen molar-refractivity contribution in [2.24, 2.45) is 0 Å². The van der Waals surface area contributed by atoms with E-state index in [9.17, 15) is 0 Å². The molecule has 1 rings (SSSR count). The van der Waals surface area contributed by atoms with Crippen LogP contribution < -0.4 is 4.90 Å². The van der Waals surface area contributed by atoms with Crippen LogP contribution in [0.25, 0.3) is 0 Å². The van der Waals surface area contributed by atoms with Crippen molar-refractivity contribution in [3.63, 3.8) is 0 Å². The summed E-state index contributed by atoms with van der Waals surface area (Å²) in [6, 6.07) is 5.42. The lowest BCUT2D eigenvalue weighted by atomic mass is 10.3. The number of hydrogen-bond acceptors (Lipinski definition) is 4. The second kappa shape index (κ2) is 5.78. The molecule has 1 aromatic heterocycles. The fourth-order valence-corrected chi connectivity index (χ4v) is 1.24. The summed E-state index contributed by atoms with van der Waals surface area (Å²) in [6.07, 6.45) is 3.38. The van der Waals surface area contributed by atoms with E-state index in [4.69, 9.17) is 10.4 Å². The van der Waals surface area contributed by atoms with Gasteiger partial charge in [-0.15, -0.1) is 6.58 Å². The molecule has 0 atom stereocenters. The first-order chi connectivity index (χ1) is 7.31. The highest BCUT2D eigenvalue weighted by Gasteiger charge is 2.04. The van der Waals surface area contributed by atoms with E-state index in [0.29, 0.717) is 18.8 Å². The molecule has 1 N–H and O–H groups in total. The molecule has 0 aromatic carbocycles. The van der Waals surface area contributed by atoms with Gasteiger partial charge in [0.2, 0.25) is 0 Å². The standard InChI is InChI=1S/C11H13N3O/c1-2-5-14(6-7-15)11-4-3-10(8-12)13-9-11/h2-4,9,15H,1,5-7H2. The topological polar surface area (TPSA) is 60.1 Å². The van der Waals surface area contributed by atoms with Gasteiger partial charge >= 0.3 is 0 Å². The van der Waals surface area contributed by atoms with Gasteiger partial charge in [0, 0.05) is 13.1 Å². The van der Waals surface area contributed by atoms with Crippen molar-refractivity contribution in [2.45, 2.75) is 0 Å². The van der Waals surface area contributed by atoms with E-state index in [1.54, 1.807) is 18.3 Å². The Morgan fingerprint density at radius 1 is 1.60 bits per heavy atom. The Bertz CT molecular complexity index is 353. The Kier molecular flexibility index (Phi) is 4.32. The summed E-state index contributed by atoms with van der Waals surface area (Å²) >= 11 is 0. The molecular weight excluding hydrogens is 190 g/mol. The molecule has 0 amide bonds. The lowest BCUT2D eigenvalue weighted by Gasteiger charge is -2.21. The van der Waals surface area contributed by atoms with Crippen LogP contribution in [-0.4, -0.2) is 29.8 Å². The first-order valence-corrected chi connectivity index (χ1v) is 4.64. The van der Waals surface area contributed by atoms with E-state index in [1.165, 1.54) is 0 Å². The molecule has 0 saturated carbocycles. The smallest absolute Gasteiger partial charge is 0.140 e. The Hall–Kier alpha value is -1.86. The fourth-order valence-electron chi connectivity index (χ4n) is 1.24. The summed E-state index contributed by atoms with van der Waals surface area (Å²) in [5.74, 6) is 0. The lowest BCUT2D eigenvalue weighted by Crippen LogP contribution is -2.26. The predicted octanol–water partition coefficient (Wildman–Crippen LogP) is 0.938. The summed E-state index contributed by atoms with van der Waals surface area (Å²) in [5, 5.41) is 17.5. The zero-order chi connectivity index (χ0) is 11.1. The maximum absolute atomic E-state index is 8.88. The van der Waals surface area contributed by atoms with E-state index in [2.05, 4.69) is 11.6 Å². The number of aliphatic hydroxyl groups is 1. The zero-order valence-electron chi connectivity index (χ0n) is 8.43. The highest BCUT2D eigenvalue weighted by molar-refractivity contribution is 5.46. The van der Waals surface area contributed by atoms with Gasteiger partial charge in [-0.25, -0.2) is 4.98 Å². The molecule has 15 heavy (non-hydrogen) atoms. The number of hydrogen-bond donors (Lipinski definition) is 1. The first kappa shape index (κ1) is 11.2. The van der Waals surface area contributed by atoms with Gasteiger partial charge in [0.25, 0.3) is 0 Å². The minimum atomic E-state index is 0.0772. The summed E-state index contributed by atoms with van der Waals surface area (Å²) in [6.45, 7) is 4.90. The molecule has 0 aliphatic heterocycles. The molecule has 4 heteroatoms. The molecular formula is C11H13N3O. The highest BCUT2D eigenvalue weighted by atomic mass is 16.3. The summed E-state index contributed by atoms with van der Waals surface area (Å²) in [4.78, 5) is 5.90. The van der Waals surface area contributed by atoms with Crippen molar-refractivity contribution in [1.29, 1.82) is 5.26 Å². The van der Waals surface area contributed by atoms with E-state index >= 15 is 0 Å². The summed E-state index contributed by atoms with van der Waals surface area (Å²) in [5.41, 5.74) is 1.27. The number of anilines is 1. The minimum Gasteiger partial charge on any atom is -0.395 e. The molecule has 0 spiro atoms. The maximum atomic E-state index is 8.88. The molecule has 0 radical (unpaired) electrons. The Morgan fingerprint density at radius 2 is 2.40 bits per heavy atom. The minimum absolute atomic E-state index is 0.0772. The monoisotopic (exact) mass is 203 g/mol. The van der Waals surface area contributed by atoms with Crippen LogP contribution in [0.4, 0.5) is 5.69 Å². The molecule has 0 saturated heterocycles. The predicted molar refractivity (Wildman–Crippen MR) is 58.4 cm³/mol. The molecule has 0 aliphatic rings. The van der Waals surface area contributed by atoms with Crippen molar-refractivity contribution < 1.29 is 5.11 Å². The van der Waals surface area contributed by atoms with Gasteiger partial charge in [0.1, 0.15) is 11.8 Å². The molecule has 0 fully saturated rings. The van der Waals surface area contributed by atoms with Crippen molar-refractivity contribution >= 4 is 5.69 Å². The SMILES string of the molecule is C=CCN(CCO)c1ccc(C#N)nc1. The molecule has 78 valence electrons. The molecule has 4 nitrogen and oxygen atoms in total. The van der Waals surface area contributed by atoms with Gasteiger partial charge in [-0.3, -0.25) is 0 Å². The average molecular weight is 203 g/mol. The number of rotatable bonds is 5. The van der Waals surface area contributed by atoms with Gasteiger partial charge < -0.3 is 10.0 Å². The molecule has 1 heterocycles. The van der Waals surface area contributed by atoms with E-state index in [0.717, 1.165) is 5.69 Å². The van der Waals surface area contributed by atoms with Crippen LogP contribution in [0.5, 0.6) is 0 Å². The number of aromatic nitrogens is 1. The van der Waals surface area contributed by atoms with Crippen LogP contribution in [0.1, 0.15) is 5.69 Å². The van der Waals surface area contributed by atoms with Gasteiger partial charge in [-0.05, 0) is 12.1 Å². The zero-order valence-corrected chi connectivity index (χ0v) is 8.43. The summed E-state index contributed by atoms with van der Waals surface area (Å²) < 4.78 is 0. The Morgan fingerprint density at radius 3 is 2.87 bits per heavy atom. The van der Waals surface area contributed by atoms with Gasteiger partial charge in [0.05, 0.1) is 18.5 Å². The number of nitrogens with zero attached hydrogens (tertiary/aromatic N) is 3. The van der Waals surface area contributed by atoms with Gasteiger partial charge in [0.15, 0.2) is 0 Å². The third-order valence-electron chi connectivity index (χ3n) is 1.95. The van der Waals surface area contributed by atoms with Crippen LogP contribution in [-0.2, 0) is 0 Å². The number of nitriles is 1. The Balaban J connectivity index is 2.81. The molecule has 0 unspecified atom stereocenters. The van der Waals surface area contributed by atoms with Crippen LogP contribution in [0.15, 0.2) is 31.0 Å². The summed E-state index contributed by atoms with van der Waals surface area (Å²) in [7, 11) is 0. The van der Waals surface area contributed by atoms with E-state index in [-0.39, 0.29) is 6.61 Å². The van der Waals surface area contributed by atoms with Gasteiger partial charge in [-0.1, -0.05) is 6.08 Å². The van der Waals surface area contributed by atoms with Crippen LogP contribution in [0.3, 0.4) is 0 Å². The average Bonchev–Trinajstić information content (AvgIpc) is 2.29. The first-order valence-electron chi connectivity index (χ1n) is 4.64. The van der Waals surface area contributed by atoms with Crippen molar-refractivity contribution in [2.75, 3.05) is 24.6 Å². The van der Waals surface area contributed by atoms with Crippen molar-refractivity contribution in [3.05, 3.63) is 36.7 Å². The van der Waals surface area contributed by atoms with Crippen LogP contribution in [0.2, 0.25) is 0 Å². The van der Waals surface area contributed by atoms with Crippen LogP contribution in [0, 0.1) is 11.3 Å². The third kappa shape index (κ3) is 3.08. The maximum Gasteiger partial charge on any atom is 0.140 e. The van der Waals surface area contributed by atoms with E-state index in [1.807, 2.05) is 17.0 Å². The molecule has 0 bridgehead atoms. The fraction of sp³-hybridized carbons (Fsp3) is 0.273. The molecule has 0 aliphatic carbocycles. The van der Waals surface area contributed by atoms with E-state index < -0.39 is 0 Å². The molecule has 1 aromatic rings. The van der Waals surface area contributed by atoms with Crippen molar-refractivity contribution in [1.82, 2.24) is 4.98 Å². The van der Waals surface area contributed by atoms with Crippen LogP contribution >= 0.6 is 0 Å². The van der Waals surface area contributed by atoms with Crippen molar-refractivity contribution in [3.8, 4) is 6.07 Å². The Labute approximate surface area is 89.1 Å². The van der Waals surface area contributed by atoms with Gasteiger partial charge in [-0.2, -0.15) is 5.26 Å². The third-order valence-corrected chi connectivity index (χ3v) is 1.95.